The van der Waals surface area contributed by atoms with Crippen LogP contribution in [-0.2, 0) is 0 Å². The van der Waals surface area contributed by atoms with Gasteiger partial charge in [-0.05, 0) is 26.0 Å². The molecule has 0 bridgehead atoms. The maximum atomic E-state index is 12.5. The summed E-state index contributed by atoms with van der Waals surface area (Å²) in [6.07, 6.45) is -3.44. The molecule has 21 heavy (non-hydrogen) atoms. The van der Waals surface area contributed by atoms with Crippen molar-refractivity contribution in [1.29, 1.82) is 0 Å². The van der Waals surface area contributed by atoms with Gasteiger partial charge >= 0.3 is 6.36 Å². The average molecular weight is 297 g/mol. The lowest BCUT2D eigenvalue weighted by atomic mass is 10.1. The van der Waals surface area contributed by atoms with Crippen LogP contribution >= 0.6 is 0 Å². The smallest absolute Gasteiger partial charge is 0.405 e. The summed E-state index contributed by atoms with van der Waals surface area (Å²) in [6, 6.07) is 5.91. The lowest BCUT2D eigenvalue weighted by Crippen LogP contribution is -2.17. The highest BCUT2D eigenvalue weighted by atomic mass is 19.4. The average Bonchev–Trinajstić information content (AvgIpc) is 2.41. The third kappa shape index (κ3) is 3.62. The molecule has 0 radical (unpaired) electrons. The van der Waals surface area contributed by atoms with E-state index >= 15 is 0 Å². The number of nitrogens with one attached hydrogen (secondary N) is 1. The SMILES string of the molecule is CCNc1ncnc(-c2ccccc2OC(F)(F)F)c1C. The van der Waals surface area contributed by atoms with Crippen LogP contribution in [-0.4, -0.2) is 22.9 Å². The summed E-state index contributed by atoms with van der Waals surface area (Å²) in [5.41, 5.74) is 1.34. The van der Waals surface area contributed by atoms with Crippen molar-refractivity contribution in [2.24, 2.45) is 0 Å². The van der Waals surface area contributed by atoms with Crippen LogP contribution in [0.5, 0.6) is 5.75 Å². The van der Waals surface area contributed by atoms with E-state index in [0.717, 1.165) is 0 Å². The number of benzene rings is 1. The topological polar surface area (TPSA) is 47.0 Å². The number of aromatic nitrogens is 2. The lowest BCUT2D eigenvalue weighted by molar-refractivity contribution is -0.274. The van der Waals surface area contributed by atoms with Gasteiger partial charge in [0, 0.05) is 17.7 Å². The van der Waals surface area contributed by atoms with Gasteiger partial charge in [0.05, 0.1) is 5.69 Å². The molecule has 112 valence electrons. The quantitative estimate of drug-likeness (QED) is 0.933. The molecule has 0 spiro atoms. The zero-order valence-corrected chi connectivity index (χ0v) is 11.5. The number of hydrogen-bond donors (Lipinski definition) is 1. The summed E-state index contributed by atoms with van der Waals surface area (Å²) in [5, 5.41) is 3.04. The van der Waals surface area contributed by atoms with E-state index in [0.29, 0.717) is 23.6 Å². The molecule has 0 atom stereocenters. The number of para-hydroxylation sites is 1. The number of rotatable bonds is 4. The summed E-state index contributed by atoms with van der Waals surface area (Å²) < 4.78 is 41.5. The first-order valence-electron chi connectivity index (χ1n) is 6.33. The maximum Gasteiger partial charge on any atom is 0.573 e. The van der Waals surface area contributed by atoms with Gasteiger partial charge in [-0.15, -0.1) is 13.2 Å². The van der Waals surface area contributed by atoms with E-state index in [1.165, 1.54) is 24.5 Å². The van der Waals surface area contributed by atoms with Crippen molar-refractivity contribution < 1.29 is 17.9 Å². The van der Waals surface area contributed by atoms with Crippen LogP contribution in [0.3, 0.4) is 0 Å². The summed E-state index contributed by atoms with van der Waals surface area (Å²) in [5.74, 6) is 0.304. The lowest BCUT2D eigenvalue weighted by Gasteiger charge is -2.15. The molecular weight excluding hydrogens is 283 g/mol. The Labute approximate surface area is 120 Å². The van der Waals surface area contributed by atoms with E-state index in [4.69, 9.17) is 0 Å². The maximum absolute atomic E-state index is 12.5. The van der Waals surface area contributed by atoms with E-state index < -0.39 is 6.36 Å². The van der Waals surface area contributed by atoms with E-state index in [1.807, 2.05) is 6.92 Å². The normalized spacial score (nSPS) is 11.3. The zero-order chi connectivity index (χ0) is 15.5. The van der Waals surface area contributed by atoms with Crippen molar-refractivity contribution in [2.45, 2.75) is 20.2 Å². The highest BCUT2D eigenvalue weighted by molar-refractivity contribution is 5.73. The molecule has 1 aromatic carbocycles. The van der Waals surface area contributed by atoms with Gasteiger partial charge in [-0.2, -0.15) is 0 Å². The first-order valence-corrected chi connectivity index (χ1v) is 6.33. The largest absolute Gasteiger partial charge is 0.573 e. The van der Waals surface area contributed by atoms with Gasteiger partial charge in [0.2, 0.25) is 0 Å². The Hall–Kier alpha value is -2.31. The predicted octanol–water partition coefficient (Wildman–Crippen LogP) is 3.78. The zero-order valence-electron chi connectivity index (χ0n) is 11.5. The second-order valence-corrected chi connectivity index (χ2v) is 4.27. The molecule has 0 aliphatic heterocycles. The Bertz CT molecular complexity index is 629. The van der Waals surface area contributed by atoms with Crippen LogP contribution in [0, 0.1) is 6.92 Å². The summed E-state index contributed by atoms with van der Waals surface area (Å²) >= 11 is 0. The van der Waals surface area contributed by atoms with Gasteiger partial charge in [-0.3, -0.25) is 0 Å². The van der Waals surface area contributed by atoms with Crippen LogP contribution in [0.4, 0.5) is 19.0 Å². The molecule has 0 saturated heterocycles. The Morgan fingerprint density at radius 3 is 2.57 bits per heavy atom. The van der Waals surface area contributed by atoms with Crippen LogP contribution in [0.2, 0.25) is 0 Å². The number of halogens is 3. The fraction of sp³-hybridized carbons (Fsp3) is 0.286. The van der Waals surface area contributed by atoms with Gasteiger partial charge in [0.1, 0.15) is 17.9 Å². The fourth-order valence-corrected chi connectivity index (χ4v) is 1.94. The molecule has 2 aromatic rings. The molecule has 0 amide bonds. The monoisotopic (exact) mass is 297 g/mol. The molecule has 2 rings (SSSR count). The summed E-state index contributed by atoms with van der Waals surface area (Å²) in [6.45, 7) is 4.30. The molecular formula is C14H14F3N3O. The molecule has 1 heterocycles. The standard InChI is InChI=1S/C14H14F3N3O/c1-3-18-13-9(2)12(19-8-20-13)10-6-4-5-7-11(10)21-14(15,16)17/h4-8H,3H2,1-2H3,(H,18,19,20). The van der Waals surface area contributed by atoms with Crippen molar-refractivity contribution >= 4 is 5.82 Å². The van der Waals surface area contributed by atoms with Crippen LogP contribution in [0.25, 0.3) is 11.3 Å². The van der Waals surface area contributed by atoms with Gasteiger partial charge in [-0.1, -0.05) is 12.1 Å². The first-order chi connectivity index (χ1) is 9.92. The summed E-state index contributed by atoms with van der Waals surface area (Å²) in [7, 11) is 0. The van der Waals surface area contributed by atoms with Crippen LogP contribution < -0.4 is 10.1 Å². The number of anilines is 1. The van der Waals surface area contributed by atoms with Gasteiger partial charge in [-0.25, -0.2) is 9.97 Å². The van der Waals surface area contributed by atoms with Crippen molar-refractivity contribution in [3.05, 3.63) is 36.2 Å². The minimum atomic E-state index is -4.75. The van der Waals surface area contributed by atoms with Crippen molar-refractivity contribution in [1.82, 2.24) is 9.97 Å². The number of alkyl halides is 3. The molecule has 0 unspecified atom stereocenters. The highest BCUT2D eigenvalue weighted by Gasteiger charge is 2.32. The van der Waals surface area contributed by atoms with E-state index in [-0.39, 0.29) is 11.3 Å². The van der Waals surface area contributed by atoms with Gasteiger partial charge < -0.3 is 10.1 Å². The summed E-state index contributed by atoms with van der Waals surface area (Å²) in [4.78, 5) is 8.16. The van der Waals surface area contributed by atoms with Gasteiger partial charge in [0.15, 0.2) is 0 Å². The van der Waals surface area contributed by atoms with E-state index in [9.17, 15) is 13.2 Å². The predicted molar refractivity (Wildman–Crippen MR) is 73.1 cm³/mol. The third-order valence-electron chi connectivity index (χ3n) is 2.80. The Morgan fingerprint density at radius 1 is 1.19 bits per heavy atom. The van der Waals surface area contributed by atoms with E-state index in [2.05, 4.69) is 20.0 Å². The number of ether oxygens (including phenoxy) is 1. The van der Waals surface area contributed by atoms with Crippen LogP contribution in [0.1, 0.15) is 12.5 Å². The minimum absolute atomic E-state index is 0.272. The third-order valence-corrected chi connectivity index (χ3v) is 2.80. The fourth-order valence-electron chi connectivity index (χ4n) is 1.94. The molecule has 0 aliphatic carbocycles. The molecule has 0 aliphatic rings. The van der Waals surface area contributed by atoms with Crippen LogP contribution in [0.15, 0.2) is 30.6 Å². The number of nitrogens with zero attached hydrogens (tertiary/aromatic N) is 2. The second kappa shape index (κ2) is 5.99. The van der Waals surface area contributed by atoms with E-state index in [1.54, 1.807) is 13.0 Å². The second-order valence-electron chi connectivity index (χ2n) is 4.27. The van der Waals surface area contributed by atoms with Gasteiger partial charge in [0.25, 0.3) is 0 Å². The van der Waals surface area contributed by atoms with Crippen molar-refractivity contribution in [3.63, 3.8) is 0 Å². The first kappa shape index (κ1) is 15.1. The molecule has 1 N–H and O–H groups in total. The molecule has 0 saturated carbocycles. The molecule has 7 heteroatoms. The Morgan fingerprint density at radius 2 is 1.90 bits per heavy atom. The minimum Gasteiger partial charge on any atom is -0.405 e. The molecule has 0 fully saturated rings. The van der Waals surface area contributed by atoms with Crippen molar-refractivity contribution in [3.8, 4) is 17.0 Å². The molecule has 1 aromatic heterocycles. The van der Waals surface area contributed by atoms with Crippen molar-refractivity contribution in [2.75, 3.05) is 11.9 Å². The Balaban J connectivity index is 2.50. The Kier molecular flexibility index (Phi) is 4.30. The number of hydrogen-bond acceptors (Lipinski definition) is 4. The molecule has 4 nitrogen and oxygen atoms in total. The highest BCUT2D eigenvalue weighted by Crippen LogP contribution is 2.35.